The molecule has 0 saturated heterocycles. The molecule has 6 heteroatoms. The molecule has 0 spiro atoms. The molecule has 4 aliphatic rings. The molecule has 0 radical (unpaired) electrons. The van der Waals surface area contributed by atoms with Crippen LogP contribution in [0.1, 0.15) is 45.7 Å². The molecule has 1 aromatic rings. The molecule has 0 N–H and O–H groups in total. The highest BCUT2D eigenvalue weighted by Crippen LogP contribution is 2.46. The van der Waals surface area contributed by atoms with E-state index in [-0.39, 0.29) is 11.6 Å². The third kappa shape index (κ3) is 5.57. The molecular weight excluding hydrogens is 552 g/mol. The summed E-state index contributed by atoms with van der Waals surface area (Å²) >= 11 is 0. The van der Waals surface area contributed by atoms with Gasteiger partial charge < -0.3 is 9.47 Å². The van der Waals surface area contributed by atoms with E-state index in [1.54, 1.807) is 12.2 Å². The predicted octanol–water partition coefficient (Wildman–Crippen LogP) is 8.01. The lowest BCUT2D eigenvalue weighted by Crippen LogP contribution is -2.03. The molecule has 0 amide bonds. The average Bonchev–Trinajstić information content (AvgIpc) is 3.21. The van der Waals surface area contributed by atoms with Crippen LogP contribution in [-0.4, -0.2) is 37.7 Å². The van der Waals surface area contributed by atoms with E-state index in [9.17, 15) is 19.2 Å². The Balaban J connectivity index is 1.80. The van der Waals surface area contributed by atoms with Gasteiger partial charge in [-0.3, -0.25) is 9.59 Å². The maximum absolute atomic E-state index is 13.2. The van der Waals surface area contributed by atoms with Crippen LogP contribution in [-0.2, 0) is 19.1 Å². The summed E-state index contributed by atoms with van der Waals surface area (Å²) in [5.41, 5.74) is 7.91. The maximum Gasteiger partial charge on any atom is 0.339 e. The van der Waals surface area contributed by atoms with Gasteiger partial charge in [0.1, 0.15) is 0 Å². The number of ketones is 2. The van der Waals surface area contributed by atoms with E-state index in [1.807, 2.05) is 84.9 Å². The van der Waals surface area contributed by atoms with Gasteiger partial charge in [0.15, 0.2) is 11.6 Å². The van der Waals surface area contributed by atoms with Gasteiger partial charge in [-0.1, -0.05) is 97.1 Å². The molecule has 4 aliphatic carbocycles. The van der Waals surface area contributed by atoms with Crippen molar-refractivity contribution < 1.29 is 28.7 Å². The number of rotatable bonds is 8. The molecule has 0 atom stereocenters. The van der Waals surface area contributed by atoms with Gasteiger partial charge in [-0.25, -0.2) is 9.59 Å². The zero-order valence-electron chi connectivity index (χ0n) is 24.8. The van der Waals surface area contributed by atoms with Gasteiger partial charge in [0.25, 0.3) is 0 Å². The number of methoxy groups -OCH3 is 2. The van der Waals surface area contributed by atoms with E-state index >= 15 is 0 Å². The molecule has 0 unspecified atom stereocenters. The number of ether oxygens (including phenoxy) is 2. The number of allylic oxidation sites excluding steroid dienone is 2. The van der Waals surface area contributed by atoms with E-state index in [0.717, 1.165) is 22.3 Å². The second-order valence-corrected chi connectivity index (χ2v) is 10.3. The molecular formula is C38H30O6. The minimum atomic E-state index is -0.498. The Morgan fingerprint density at radius 3 is 1.16 bits per heavy atom. The summed E-state index contributed by atoms with van der Waals surface area (Å²) in [6.07, 6.45) is 6.41. The zero-order chi connectivity index (χ0) is 31.4. The molecule has 0 heterocycles. The Morgan fingerprint density at radius 2 is 0.841 bits per heavy atom. The molecule has 0 bridgehead atoms. The van der Waals surface area contributed by atoms with Crippen molar-refractivity contribution in [3.63, 3.8) is 0 Å². The smallest absolute Gasteiger partial charge is 0.339 e. The highest BCUT2D eigenvalue weighted by atomic mass is 16.5. The number of esters is 2. The second-order valence-electron chi connectivity index (χ2n) is 10.3. The Labute approximate surface area is 255 Å². The topological polar surface area (TPSA) is 86.7 Å². The first-order valence-electron chi connectivity index (χ1n) is 14.0. The van der Waals surface area contributed by atoms with E-state index in [4.69, 9.17) is 9.47 Å². The van der Waals surface area contributed by atoms with E-state index in [0.29, 0.717) is 44.5 Å². The SMILES string of the molecule is COC(=O)c1c2cccccc-2c(/C=C/C(C)=O)c1-c1ccc(-c2c(/C=C/C(C)=O)c3cccccc-3c2C(=O)OC)cc1. The standard InChI is InChI=1S/C38H30O6/c1-23(39)15-21-31-27-11-7-5-9-13-29(27)35(37(41)43-3)33(31)25-17-19-26(20-18-25)34-32(22-16-24(2)40)28-12-8-6-10-14-30(28)36(34)38(42)44-4/h5-22H,1-4H3/b21-15+,22-16+. The monoisotopic (exact) mass is 582 g/mol. The first-order chi connectivity index (χ1) is 21.3. The van der Waals surface area contributed by atoms with Crippen LogP contribution in [0.5, 0.6) is 0 Å². The van der Waals surface area contributed by atoms with Crippen LogP contribution >= 0.6 is 0 Å². The van der Waals surface area contributed by atoms with Crippen molar-refractivity contribution in [3.05, 3.63) is 119 Å². The molecule has 0 aromatic heterocycles. The Hall–Kier alpha value is -5.62. The van der Waals surface area contributed by atoms with Crippen LogP contribution in [0.3, 0.4) is 0 Å². The van der Waals surface area contributed by atoms with Gasteiger partial charge in [-0.15, -0.1) is 0 Å². The molecule has 0 aliphatic heterocycles. The van der Waals surface area contributed by atoms with Crippen molar-refractivity contribution in [2.45, 2.75) is 13.8 Å². The third-order valence-electron chi connectivity index (χ3n) is 7.44. The van der Waals surface area contributed by atoms with Crippen molar-refractivity contribution >= 4 is 35.7 Å². The summed E-state index contributed by atoms with van der Waals surface area (Å²) in [5.74, 6) is -1.25. The largest absolute Gasteiger partial charge is 0.465 e. The number of fused-ring (bicyclic) bond motifs is 2. The van der Waals surface area contributed by atoms with Crippen LogP contribution in [0.15, 0.2) is 97.1 Å². The van der Waals surface area contributed by atoms with Gasteiger partial charge in [-0.05, 0) is 70.5 Å². The van der Waals surface area contributed by atoms with Crippen LogP contribution in [0.25, 0.3) is 56.7 Å². The summed E-state index contributed by atoms with van der Waals surface area (Å²) < 4.78 is 10.4. The first kappa shape index (κ1) is 29.9. The number of carbonyl (C=O) groups excluding carboxylic acids is 4. The van der Waals surface area contributed by atoms with Crippen LogP contribution in [0, 0.1) is 0 Å². The highest BCUT2D eigenvalue weighted by Gasteiger charge is 2.29. The van der Waals surface area contributed by atoms with Crippen molar-refractivity contribution in [1.82, 2.24) is 0 Å². The lowest BCUT2D eigenvalue weighted by molar-refractivity contribution is -0.113. The van der Waals surface area contributed by atoms with Gasteiger partial charge >= 0.3 is 11.9 Å². The van der Waals surface area contributed by atoms with Crippen molar-refractivity contribution in [3.8, 4) is 44.5 Å². The number of hydrogen-bond donors (Lipinski definition) is 0. The summed E-state index contributed by atoms with van der Waals surface area (Å²) in [4.78, 5) is 50.3. The van der Waals surface area contributed by atoms with Crippen LogP contribution < -0.4 is 0 Å². The fraction of sp³-hybridized carbons (Fsp3) is 0.105. The number of benzene rings is 1. The summed E-state index contributed by atoms with van der Waals surface area (Å²) in [7, 11) is 2.68. The van der Waals surface area contributed by atoms with Crippen molar-refractivity contribution in [2.75, 3.05) is 14.2 Å². The van der Waals surface area contributed by atoms with E-state index in [2.05, 4.69) is 0 Å². The Kier molecular flexibility index (Phi) is 8.63. The lowest BCUT2D eigenvalue weighted by Gasteiger charge is -2.10. The minimum Gasteiger partial charge on any atom is -0.465 e. The predicted molar refractivity (Wildman–Crippen MR) is 173 cm³/mol. The highest BCUT2D eigenvalue weighted by molar-refractivity contribution is 6.13. The van der Waals surface area contributed by atoms with Crippen LogP contribution in [0.4, 0.5) is 0 Å². The zero-order valence-corrected chi connectivity index (χ0v) is 24.8. The van der Waals surface area contributed by atoms with Crippen molar-refractivity contribution in [1.29, 1.82) is 0 Å². The van der Waals surface area contributed by atoms with Gasteiger partial charge in [0, 0.05) is 11.1 Å². The normalized spacial score (nSPS) is 11.4. The van der Waals surface area contributed by atoms with Gasteiger partial charge in [0.05, 0.1) is 25.3 Å². The fourth-order valence-corrected chi connectivity index (χ4v) is 5.59. The van der Waals surface area contributed by atoms with Gasteiger partial charge in [-0.2, -0.15) is 0 Å². The van der Waals surface area contributed by atoms with E-state index < -0.39 is 11.9 Å². The van der Waals surface area contributed by atoms with Crippen molar-refractivity contribution in [2.24, 2.45) is 0 Å². The summed E-state index contributed by atoms with van der Waals surface area (Å²) in [6.45, 7) is 2.94. The van der Waals surface area contributed by atoms with E-state index in [1.165, 1.54) is 40.2 Å². The summed E-state index contributed by atoms with van der Waals surface area (Å²) in [6, 6.07) is 26.2. The van der Waals surface area contributed by atoms with Gasteiger partial charge in [0.2, 0.25) is 0 Å². The Bertz CT molecular complexity index is 1770. The maximum atomic E-state index is 13.2. The molecule has 0 saturated carbocycles. The summed E-state index contributed by atoms with van der Waals surface area (Å²) in [5, 5.41) is 0. The average molecular weight is 583 g/mol. The first-order valence-corrected chi connectivity index (χ1v) is 14.0. The molecule has 44 heavy (non-hydrogen) atoms. The molecule has 1 aromatic carbocycles. The third-order valence-corrected chi connectivity index (χ3v) is 7.44. The fourth-order valence-electron chi connectivity index (χ4n) is 5.59. The molecule has 0 fully saturated rings. The molecule has 6 nitrogen and oxygen atoms in total. The Morgan fingerprint density at radius 1 is 0.500 bits per heavy atom. The van der Waals surface area contributed by atoms with Crippen LogP contribution in [0.2, 0.25) is 0 Å². The minimum absolute atomic E-state index is 0.126. The quantitative estimate of drug-likeness (QED) is 0.136. The second kappa shape index (κ2) is 12.7. The number of carbonyl (C=O) groups is 4. The number of hydrogen-bond acceptors (Lipinski definition) is 6. The molecule has 218 valence electrons. The lowest BCUT2D eigenvalue weighted by atomic mass is 9.94. The molecule has 5 rings (SSSR count).